The van der Waals surface area contributed by atoms with Crippen LogP contribution in [0.25, 0.3) is 10.6 Å². The number of nitrogens with one attached hydrogen (secondary N) is 1. The van der Waals surface area contributed by atoms with Gasteiger partial charge >= 0.3 is 6.03 Å². The molecule has 0 saturated carbocycles. The molecule has 37 heavy (non-hydrogen) atoms. The first-order valence-electron chi connectivity index (χ1n) is 11.7. The predicted molar refractivity (Wildman–Crippen MR) is 143 cm³/mol. The summed E-state index contributed by atoms with van der Waals surface area (Å²) < 4.78 is 0. The Morgan fingerprint density at radius 2 is 1.70 bits per heavy atom. The van der Waals surface area contributed by atoms with Gasteiger partial charge in [-0.1, -0.05) is 53.3 Å². The molecule has 1 saturated heterocycles. The van der Waals surface area contributed by atoms with Crippen molar-refractivity contribution in [3.05, 3.63) is 82.6 Å². The van der Waals surface area contributed by atoms with Gasteiger partial charge in [-0.05, 0) is 43.7 Å². The summed E-state index contributed by atoms with van der Waals surface area (Å²) >= 11 is 7.57. The zero-order valence-electron chi connectivity index (χ0n) is 20.3. The van der Waals surface area contributed by atoms with Crippen LogP contribution in [0.5, 0.6) is 0 Å². The molecule has 1 aliphatic heterocycles. The van der Waals surface area contributed by atoms with Crippen LogP contribution in [0.4, 0.5) is 16.4 Å². The zero-order chi connectivity index (χ0) is 26.0. The van der Waals surface area contributed by atoms with E-state index < -0.39 is 11.6 Å². The Bertz CT molecular complexity index is 1410. The SMILES string of the molecule is CC1(C)C(=O)NC(=O)N1CCN(c1ccc(-c2nnc(Cc3ccccc3)s2)cc1)c1ncc(Cl)cn1. The Morgan fingerprint density at radius 3 is 2.35 bits per heavy atom. The van der Waals surface area contributed by atoms with E-state index in [0.717, 1.165) is 27.7 Å². The molecule has 0 aliphatic carbocycles. The third kappa shape index (κ3) is 5.30. The van der Waals surface area contributed by atoms with Crippen molar-refractivity contribution in [3.63, 3.8) is 0 Å². The highest BCUT2D eigenvalue weighted by Crippen LogP contribution is 2.30. The van der Waals surface area contributed by atoms with Crippen LogP contribution in [0.1, 0.15) is 24.4 Å². The van der Waals surface area contributed by atoms with Crippen molar-refractivity contribution >= 4 is 46.5 Å². The van der Waals surface area contributed by atoms with Crippen LogP contribution in [-0.4, -0.2) is 55.6 Å². The fraction of sp³-hybridized carbons (Fsp3) is 0.231. The summed E-state index contributed by atoms with van der Waals surface area (Å²) in [6.07, 6.45) is 3.79. The number of rotatable bonds is 8. The lowest BCUT2D eigenvalue weighted by molar-refractivity contribution is -0.125. The van der Waals surface area contributed by atoms with Gasteiger partial charge in [-0.2, -0.15) is 0 Å². The molecule has 9 nitrogen and oxygen atoms in total. The van der Waals surface area contributed by atoms with Crippen LogP contribution in [0.2, 0.25) is 5.02 Å². The van der Waals surface area contributed by atoms with Crippen LogP contribution >= 0.6 is 22.9 Å². The molecule has 5 rings (SSSR count). The molecule has 1 aliphatic rings. The number of aromatic nitrogens is 4. The number of urea groups is 1. The molecule has 188 valence electrons. The van der Waals surface area contributed by atoms with Crippen molar-refractivity contribution in [1.29, 1.82) is 0 Å². The number of nitrogens with zero attached hydrogens (tertiary/aromatic N) is 6. The Kier molecular flexibility index (Phi) is 6.86. The fourth-order valence-electron chi connectivity index (χ4n) is 4.06. The lowest BCUT2D eigenvalue weighted by Gasteiger charge is -2.31. The molecule has 3 heterocycles. The molecule has 1 fully saturated rings. The molecule has 3 amide bonds. The molecule has 0 atom stereocenters. The summed E-state index contributed by atoms with van der Waals surface area (Å²) in [5.41, 5.74) is 2.02. The van der Waals surface area contributed by atoms with E-state index in [1.807, 2.05) is 47.4 Å². The summed E-state index contributed by atoms with van der Waals surface area (Å²) in [7, 11) is 0. The minimum absolute atomic E-state index is 0.289. The summed E-state index contributed by atoms with van der Waals surface area (Å²) in [5.74, 6) is 0.113. The van der Waals surface area contributed by atoms with Gasteiger partial charge in [0.2, 0.25) is 5.95 Å². The Hall–Kier alpha value is -3.89. The average Bonchev–Trinajstić information content (AvgIpc) is 3.43. The largest absolute Gasteiger partial charge is 0.325 e. The number of hydrogen-bond donors (Lipinski definition) is 1. The fourth-order valence-corrected chi connectivity index (χ4v) is 5.04. The molecule has 11 heteroatoms. The number of carbonyl (C=O) groups is 2. The second kappa shape index (κ2) is 10.2. The van der Waals surface area contributed by atoms with Gasteiger partial charge in [0.1, 0.15) is 15.6 Å². The quantitative estimate of drug-likeness (QED) is 0.327. The van der Waals surface area contributed by atoms with Crippen molar-refractivity contribution in [2.45, 2.75) is 25.8 Å². The highest BCUT2D eigenvalue weighted by atomic mass is 35.5. The summed E-state index contributed by atoms with van der Waals surface area (Å²) in [4.78, 5) is 36.7. The number of amides is 3. The number of benzene rings is 2. The normalized spacial score (nSPS) is 14.6. The molecule has 0 radical (unpaired) electrons. The molecule has 2 aromatic heterocycles. The zero-order valence-corrected chi connectivity index (χ0v) is 21.8. The van der Waals surface area contributed by atoms with Gasteiger partial charge < -0.3 is 9.80 Å². The van der Waals surface area contributed by atoms with Gasteiger partial charge in [0.15, 0.2) is 0 Å². The third-order valence-corrected chi connectivity index (χ3v) is 7.35. The lowest BCUT2D eigenvalue weighted by Crippen LogP contribution is -2.47. The van der Waals surface area contributed by atoms with E-state index in [-0.39, 0.29) is 12.5 Å². The smallest absolute Gasteiger partial charge is 0.309 e. The maximum atomic E-state index is 12.4. The number of imide groups is 1. The van der Waals surface area contributed by atoms with E-state index in [2.05, 4.69) is 37.6 Å². The van der Waals surface area contributed by atoms with Gasteiger partial charge in [-0.3, -0.25) is 10.1 Å². The van der Waals surface area contributed by atoms with Crippen LogP contribution < -0.4 is 10.2 Å². The molecule has 4 aromatic rings. The summed E-state index contributed by atoms with van der Waals surface area (Å²) in [5, 5.41) is 13.3. The first-order chi connectivity index (χ1) is 17.8. The van der Waals surface area contributed by atoms with Crippen molar-refractivity contribution in [2.75, 3.05) is 18.0 Å². The molecule has 2 aromatic carbocycles. The van der Waals surface area contributed by atoms with Gasteiger partial charge in [0, 0.05) is 30.8 Å². The van der Waals surface area contributed by atoms with E-state index in [1.165, 1.54) is 22.9 Å². The number of hydrogen-bond acceptors (Lipinski definition) is 8. The topological polar surface area (TPSA) is 104 Å². The minimum Gasteiger partial charge on any atom is -0.309 e. The minimum atomic E-state index is -0.942. The molecule has 0 spiro atoms. The molecular formula is C26H24ClN7O2S. The standard InChI is InChI=1S/C26H24ClN7O2S/c1-26(2)23(35)30-25(36)34(26)13-12-33(24-28-15-19(27)16-29-24)20-10-8-18(9-11-20)22-32-31-21(37-22)14-17-6-4-3-5-7-17/h3-11,15-16H,12-14H2,1-2H3,(H,30,35,36). The lowest BCUT2D eigenvalue weighted by atomic mass is 10.0. The van der Waals surface area contributed by atoms with E-state index in [0.29, 0.717) is 17.5 Å². The number of halogens is 1. The second-order valence-electron chi connectivity index (χ2n) is 9.03. The maximum absolute atomic E-state index is 12.4. The first kappa shape index (κ1) is 24.8. The van der Waals surface area contributed by atoms with E-state index in [1.54, 1.807) is 25.2 Å². The van der Waals surface area contributed by atoms with E-state index >= 15 is 0 Å². The summed E-state index contributed by atoms with van der Waals surface area (Å²) in [6, 6.07) is 17.6. The average molecular weight is 534 g/mol. The second-order valence-corrected chi connectivity index (χ2v) is 10.5. The Labute approximate surface area is 223 Å². The highest BCUT2D eigenvalue weighted by Gasteiger charge is 2.45. The molecular weight excluding hydrogens is 510 g/mol. The van der Waals surface area contributed by atoms with Gasteiger partial charge in [0.05, 0.1) is 17.4 Å². The maximum Gasteiger partial charge on any atom is 0.325 e. The molecule has 1 N–H and O–H groups in total. The Morgan fingerprint density at radius 1 is 1.00 bits per heavy atom. The van der Waals surface area contributed by atoms with Crippen molar-refractivity contribution in [1.82, 2.24) is 30.4 Å². The summed E-state index contributed by atoms with van der Waals surface area (Å²) in [6.45, 7) is 4.10. The Balaban J connectivity index is 1.36. The first-order valence-corrected chi connectivity index (χ1v) is 12.9. The highest BCUT2D eigenvalue weighted by molar-refractivity contribution is 7.14. The van der Waals surface area contributed by atoms with Crippen molar-refractivity contribution in [2.24, 2.45) is 0 Å². The van der Waals surface area contributed by atoms with E-state index in [9.17, 15) is 9.59 Å². The van der Waals surface area contributed by atoms with Crippen LogP contribution in [0.3, 0.4) is 0 Å². The third-order valence-electron chi connectivity index (χ3n) is 6.18. The number of carbonyl (C=O) groups excluding carboxylic acids is 2. The van der Waals surface area contributed by atoms with E-state index in [4.69, 9.17) is 11.6 Å². The van der Waals surface area contributed by atoms with Gasteiger partial charge in [-0.15, -0.1) is 10.2 Å². The van der Waals surface area contributed by atoms with Crippen LogP contribution in [0, 0.1) is 0 Å². The van der Waals surface area contributed by atoms with Gasteiger partial charge in [-0.25, -0.2) is 14.8 Å². The van der Waals surface area contributed by atoms with Crippen molar-refractivity contribution in [3.8, 4) is 10.6 Å². The number of anilines is 2. The monoisotopic (exact) mass is 533 g/mol. The molecule has 0 unspecified atom stereocenters. The van der Waals surface area contributed by atoms with Crippen LogP contribution in [-0.2, 0) is 11.2 Å². The van der Waals surface area contributed by atoms with Crippen molar-refractivity contribution < 1.29 is 9.59 Å². The van der Waals surface area contributed by atoms with Crippen LogP contribution in [0.15, 0.2) is 67.0 Å². The molecule has 0 bridgehead atoms. The predicted octanol–water partition coefficient (Wildman–Crippen LogP) is 4.71. The van der Waals surface area contributed by atoms with Gasteiger partial charge in [0.25, 0.3) is 5.91 Å².